The zero-order valence-electron chi connectivity index (χ0n) is 15.3. The number of fused-ring (bicyclic) bond motifs is 1. The van der Waals surface area contributed by atoms with Crippen molar-refractivity contribution in [2.24, 2.45) is 0 Å². The number of benzene rings is 1. The van der Waals surface area contributed by atoms with Crippen LogP contribution in [-0.4, -0.2) is 29.7 Å². The molecule has 1 N–H and O–H groups in total. The second-order valence-corrected chi connectivity index (χ2v) is 8.97. The van der Waals surface area contributed by atoms with Gasteiger partial charge in [-0.3, -0.25) is 9.67 Å². The molecule has 0 fully saturated rings. The third-order valence-corrected chi connectivity index (χ3v) is 6.63. The van der Waals surface area contributed by atoms with Crippen molar-refractivity contribution in [3.05, 3.63) is 64.9 Å². The molecule has 0 atom stereocenters. The minimum absolute atomic E-state index is 0.202. The Balaban J connectivity index is 1.52. The first kappa shape index (κ1) is 19.1. The minimum atomic E-state index is -3.58. The molecule has 1 aliphatic carbocycles. The summed E-state index contributed by atoms with van der Waals surface area (Å²) in [5.74, 6) is 0. The van der Waals surface area contributed by atoms with Crippen LogP contribution < -0.4 is 4.72 Å². The lowest BCUT2D eigenvalue weighted by atomic mass is 9.95. The molecule has 28 heavy (non-hydrogen) atoms. The van der Waals surface area contributed by atoms with Gasteiger partial charge in [-0.15, -0.1) is 0 Å². The molecule has 8 heteroatoms. The number of sulfonamides is 1. The minimum Gasteiger partial charge on any atom is -0.267 e. The van der Waals surface area contributed by atoms with Gasteiger partial charge in [0.25, 0.3) is 0 Å². The van der Waals surface area contributed by atoms with Gasteiger partial charge in [0, 0.05) is 29.0 Å². The lowest BCUT2D eigenvalue weighted by molar-refractivity contribution is 0.538. The fraction of sp³-hybridized carbons (Fsp3) is 0.300. The van der Waals surface area contributed by atoms with E-state index >= 15 is 0 Å². The summed E-state index contributed by atoms with van der Waals surface area (Å²) in [4.78, 5) is 4.64. The van der Waals surface area contributed by atoms with E-state index in [-0.39, 0.29) is 11.4 Å². The van der Waals surface area contributed by atoms with Gasteiger partial charge in [-0.2, -0.15) is 5.10 Å². The van der Waals surface area contributed by atoms with Crippen molar-refractivity contribution >= 4 is 21.6 Å². The third kappa shape index (κ3) is 3.97. The highest BCUT2D eigenvalue weighted by molar-refractivity contribution is 7.89. The maximum Gasteiger partial charge on any atom is 0.240 e. The fourth-order valence-electron chi connectivity index (χ4n) is 3.55. The van der Waals surface area contributed by atoms with Crippen molar-refractivity contribution in [1.82, 2.24) is 19.5 Å². The Labute approximate surface area is 169 Å². The number of halogens is 1. The van der Waals surface area contributed by atoms with E-state index in [1.54, 1.807) is 18.3 Å². The highest BCUT2D eigenvalue weighted by atomic mass is 35.5. The number of aromatic nitrogens is 3. The summed E-state index contributed by atoms with van der Waals surface area (Å²) in [6.07, 6.45) is 5.97. The molecule has 3 aromatic rings. The second-order valence-electron chi connectivity index (χ2n) is 6.77. The fourth-order valence-corrected chi connectivity index (χ4v) is 4.69. The van der Waals surface area contributed by atoms with Crippen LogP contribution in [0.25, 0.3) is 11.4 Å². The van der Waals surface area contributed by atoms with E-state index in [1.807, 2.05) is 22.9 Å². The maximum atomic E-state index is 12.5. The Morgan fingerprint density at radius 3 is 2.61 bits per heavy atom. The number of hydrogen-bond acceptors (Lipinski definition) is 4. The lowest BCUT2D eigenvalue weighted by Crippen LogP contribution is -2.28. The summed E-state index contributed by atoms with van der Waals surface area (Å²) in [6.45, 7) is 0.739. The molecule has 1 aliphatic rings. The molecule has 4 rings (SSSR count). The Bertz CT molecular complexity index is 1060. The number of hydrogen-bond donors (Lipinski definition) is 1. The summed E-state index contributed by atoms with van der Waals surface area (Å²) in [6, 6.07) is 11.9. The van der Waals surface area contributed by atoms with Crippen LogP contribution in [0, 0.1) is 0 Å². The van der Waals surface area contributed by atoms with Gasteiger partial charge in [-0.25, -0.2) is 13.1 Å². The summed E-state index contributed by atoms with van der Waals surface area (Å²) in [5, 5.41) is 5.27. The van der Waals surface area contributed by atoms with Gasteiger partial charge in [0.05, 0.1) is 17.1 Å². The van der Waals surface area contributed by atoms with Crippen LogP contribution in [0.1, 0.15) is 24.1 Å². The van der Waals surface area contributed by atoms with E-state index in [9.17, 15) is 8.42 Å². The van der Waals surface area contributed by atoms with E-state index in [4.69, 9.17) is 16.7 Å². The Kier molecular flexibility index (Phi) is 5.48. The van der Waals surface area contributed by atoms with E-state index in [1.165, 1.54) is 23.4 Å². The number of rotatable bonds is 6. The molecule has 0 amide bonds. The topological polar surface area (TPSA) is 76.9 Å². The maximum absolute atomic E-state index is 12.5. The third-order valence-electron chi connectivity index (χ3n) is 4.90. The van der Waals surface area contributed by atoms with E-state index < -0.39 is 10.0 Å². The highest BCUT2D eigenvalue weighted by Gasteiger charge is 2.22. The van der Waals surface area contributed by atoms with Crippen molar-refractivity contribution in [3.8, 4) is 11.4 Å². The van der Waals surface area contributed by atoms with Crippen molar-refractivity contribution in [2.45, 2.75) is 37.1 Å². The largest absolute Gasteiger partial charge is 0.267 e. The molecule has 0 radical (unpaired) electrons. The normalized spacial score (nSPS) is 14.0. The second kappa shape index (κ2) is 8.03. The predicted octanol–water partition coefficient (Wildman–Crippen LogP) is 3.46. The van der Waals surface area contributed by atoms with Crippen molar-refractivity contribution in [2.75, 3.05) is 6.54 Å². The smallest absolute Gasteiger partial charge is 0.240 e. The Hall–Kier alpha value is -2.22. The molecule has 0 saturated heterocycles. The van der Waals surface area contributed by atoms with Crippen molar-refractivity contribution in [1.29, 1.82) is 0 Å². The van der Waals surface area contributed by atoms with E-state index in [0.717, 1.165) is 37.1 Å². The van der Waals surface area contributed by atoms with Gasteiger partial charge in [-0.1, -0.05) is 17.7 Å². The number of pyridine rings is 1. The molecule has 146 valence electrons. The monoisotopic (exact) mass is 416 g/mol. The van der Waals surface area contributed by atoms with Crippen LogP contribution in [0.15, 0.2) is 53.6 Å². The van der Waals surface area contributed by atoms with Gasteiger partial charge < -0.3 is 0 Å². The van der Waals surface area contributed by atoms with Crippen molar-refractivity contribution < 1.29 is 8.42 Å². The molecule has 2 heterocycles. The highest BCUT2D eigenvalue weighted by Crippen LogP contribution is 2.30. The summed E-state index contributed by atoms with van der Waals surface area (Å²) in [7, 11) is -3.58. The van der Waals surface area contributed by atoms with Crippen LogP contribution in [-0.2, 0) is 29.4 Å². The first-order valence-corrected chi connectivity index (χ1v) is 11.2. The first-order valence-electron chi connectivity index (χ1n) is 9.30. The van der Waals surface area contributed by atoms with E-state index in [0.29, 0.717) is 11.6 Å². The first-order chi connectivity index (χ1) is 13.5. The molecular weight excluding hydrogens is 396 g/mol. The van der Waals surface area contributed by atoms with Gasteiger partial charge in [0.1, 0.15) is 5.69 Å². The summed E-state index contributed by atoms with van der Waals surface area (Å²) in [5.41, 5.74) is 4.21. The SMILES string of the molecule is O=S(=O)(NCCn1nc(-c2ccccn2)c2c1CCCC2)c1ccc(Cl)cc1. The molecular formula is C20H21ClN4O2S. The summed E-state index contributed by atoms with van der Waals surface area (Å²) < 4.78 is 29.5. The molecule has 0 bridgehead atoms. The Morgan fingerprint density at radius 2 is 1.86 bits per heavy atom. The Morgan fingerprint density at radius 1 is 1.07 bits per heavy atom. The predicted molar refractivity (Wildman–Crippen MR) is 109 cm³/mol. The van der Waals surface area contributed by atoms with E-state index in [2.05, 4.69) is 9.71 Å². The van der Waals surface area contributed by atoms with Gasteiger partial charge in [0.15, 0.2) is 0 Å². The lowest BCUT2D eigenvalue weighted by Gasteiger charge is -2.14. The molecule has 0 spiro atoms. The van der Waals surface area contributed by atoms with Gasteiger partial charge >= 0.3 is 0 Å². The molecule has 0 aliphatic heterocycles. The van der Waals surface area contributed by atoms with Gasteiger partial charge in [0.2, 0.25) is 10.0 Å². The molecule has 1 aromatic carbocycles. The molecule has 0 unspecified atom stereocenters. The zero-order chi connectivity index (χ0) is 19.6. The number of nitrogens with one attached hydrogen (secondary N) is 1. The molecule has 2 aromatic heterocycles. The zero-order valence-corrected chi connectivity index (χ0v) is 16.9. The van der Waals surface area contributed by atoms with Crippen LogP contribution in [0.3, 0.4) is 0 Å². The van der Waals surface area contributed by atoms with Crippen LogP contribution in [0.4, 0.5) is 0 Å². The molecule has 0 saturated carbocycles. The van der Waals surface area contributed by atoms with Crippen LogP contribution >= 0.6 is 11.6 Å². The van der Waals surface area contributed by atoms with Crippen LogP contribution in [0.2, 0.25) is 5.02 Å². The summed E-state index contributed by atoms with van der Waals surface area (Å²) >= 11 is 5.83. The standard InChI is InChI=1S/C20H21ClN4O2S/c21-15-8-10-16(11-9-15)28(26,27)23-13-14-25-19-7-2-1-5-17(19)20(24-25)18-6-3-4-12-22-18/h3-4,6,8-12,23H,1-2,5,7,13-14H2. The molecule has 6 nitrogen and oxygen atoms in total. The van der Waals surface area contributed by atoms with Gasteiger partial charge in [-0.05, 0) is 62.1 Å². The van der Waals surface area contributed by atoms with Crippen molar-refractivity contribution in [3.63, 3.8) is 0 Å². The quantitative estimate of drug-likeness (QED) is 0.667. The number of nitrogens with zero attached hydrogens (tertiary/aromatic N) is 3. The average Bonchev–Trinajstić information content (AvgIpc) is 3.08. The average molecular weight is 417 g/mol. The van der Waals surface area contributed by atoms with Crippen LogP contribution in [0.5, 0.6) is 0 Å².